The van der Waals surface area contributed by atoms with Crippen LogP contribution in [0.5, 0.6) is 0 Å². The van der Waals surface area contributed by atoms with Gasteiger partial charge < -0.3 is 10.1 Å². The summed E-state index contributed by atoms with van der Waals surface area (Å²) < 4.78 is 18.1. The summed E-state index contributed by atoms with van der Waals surface area (Å²) in [5.74, 6) is -0.746. The molecule has 3 nitrogen and oxygen atoms in total. The Morgan fingerprint density at radius 2 is 2.25 bits per heavy atom. The molecule has 1 rings (SSSR count). The van der Waals surface area contributed by atoms with Gasteiger partial charge in [-0.3, -0.25) is 0 Å². The maximum atomic E-state index is 13.5. The van der Waals surface area contributed by atoms with Crippen molar-refractivity contribution >= 4 is 11.7 Å². The standard InChI is InChI=1S/C12H16FNO2/c1-4-10(12(15)16-3)14-11-6-5-8(2)7-9(11)13/h5-7,10,14H,4H2,1-3H3. The molecular formula is C12H16FNO2. The van der Waals surface area contributed by atoms with Gasteiger partial charge in [0.15, 0.2) is 0 Å². The predicted molar refractivity (Wildman–Crippen MR) is 60.9 cm³/mol. The Balaban J connectivity index is 2.82. The highest BCUT2D eigenvalue weighted by Crippen LogP contribution is 2.17. The molecule has 1 atom stereocenters. The zero-order valence-electron chi connectivity index (χ0n) is 9.71. The van der Waals surface area contributed by atoms with Crippen LogP contribution < -0.4 is 5.32 Å². The number of rotatable bonds is 4. The lowest BCUT2D eigenvalue weighted by Gasteiger charge is -2.16. The number of hydrogen-bond acceptors (Lipinski definition) is 3. The molecule has 0 aromatic heterocycles. The van der Waals surface area contributed by atoms with E-state index >= 15 is 0 Å². The third kappa shape index (κ3) is 2.95. The van der Waals surface area contributed by atoms with Gasteiger partial charge in [-0.1, -0.05) is 13.0 Å². The Labute approximate surface area is 94.6 Å². The summed E-state index contributed by atoms with van der Waals surface area (Å²) in [6.07, 6.45) is 0.542. The van der Waals surface area contributed by atoms with Gasteiger partial charge >= 0.3 is 5.97 Å². The number of anilines is 1. The van der Waals surface area contributed by atoms with E-state index in [0.717, 1.165) is 5.56 Å². The number of carbonyl (C=O) groups excluding carboxylic acids is 1. The summed E-state index contributed by atoms with van der Waals surface area (Å²) in [7, 11) is 1.32. The number of ether oxygens (including phenoxy) is 1. The van der Waals surface area contributed by atoms with Crippen LogP contribution >= 0.6 is 0 Å². The summed E-state index contributed by atoms with van der Waals surface area (Å²) in [6.45, 7) is 3.64. The first-order chi connectivity index (χ1) is 7.58. The molecule has 16 heavy (non-hydrogen) atoms. The van der Waals surface area contributed by atoms with Crippen molar-refractivity contribution in [2.24, 2.45) is 0 Å². The summed E-state index contributed by atoms with van der Waals surface area (Å²) in [4.78, 5) is 11.3. The van der Waals surface area contributed by atoms with E-state index in [4.69, 9.17) is 0 Å². The number of methoxy groups -OCH3 is 1. The molecule has 0 saturated heterocycles. The van der Waals surface area contributed by atoms with Gasteiger partial charge in [-0.2, -0.15) is 0 Å². The van der Waals surface area contributed by atoms with Gasteiger partial charge in [0.05, 0.1) is 12.8 Å². The van der Waals surface area contributed by atoms with Crippen molar-refractivity contribution in [3.05, 3.63) is 29.6 Å². The van der Waals surface area contributed by atoms with Crippen LogP contribution in [0.15, 0.2) is 18.2 Å². The van der Waals surface area contributed by atoms with Crippen molar-refractivity contribution in [2.75, 3.05) is 12.4 Å². The fraction of sp³-hybridized carbons (Fsp3) is 0.417. The molecule has 1 aromatic rings. The van der Waals surface area contributed by atoms with Crippen molar-refractivity contribution in [3.63, 3.8) is 0 Å². The van der Waals surface area contributed by atoms with Crippen molar-refractivity contribution in [3.8, 4) is 0 Å². The van der Waals surface area contributed by atoms with Crippen LogP contribution in [0.25, 0.3) is 0 Å². The normalized spacial score (nSPS) is 12.0. The first-order valence-corrected chi connectivity index (χ1v) is 5.19. The van der Waals surface area contributed by atoms with Crippen molar-refractivity contribution in [1.82, 2.24) is 0 Å². The maximum absolute atomic E-state index is 13.5. The molecule has 1 aromatic carbocycles. The number of aryl methyl sites for hydroxylation is 1. The van der Waals surface area contributed by atoms with Gasteiger partial charge in [-0.15, -0.1) is 0 Å². The first-order valence-electron chi connectivity index (χ1n) is 5.19. The fourth-order valence-electron chi connectivity index (χ4n) is 1.39. The quantitative estimate of drug-likeness (QED) is 0.800. The summed E-state index contributed by atoms with van der Waals surface area (Å²) >= 11 is 0. The zero-order valence-corrected chi connectivity index (χ0v) is 9.71. The molecule has 0 saturated carbocycles. The topological polar surface area (TPSA) is 38.3 Å². The van der Waals surface area contributed by atoms with Crippen LogP contribution in [0.2, 0.25) is 0 Å². The molecule has 0 bridgehead atoms. The molecule has 1 unspecified atom stereocenters. The van der Waals surface area contributed by atoms with Gasteiger partial charge in [-0.25, -0.2) is 9.18 Å². The Hall–Kier alpha value is -1.58. The molecule has 0 spiro atoms. The van der Waals surface area contributed by atoms with E-state index < -0.39 is 6.04 Å². The SMILES string of the molecule is CCC(Nc1ccc(C)cc1F)C(=O)OC. The average molecular weight is 225 g/mol. The smallest absolute Gasteiger partial charge is 0.328 e. The molecule has 0 fully saturated rings. The number of carbonyl (C=O) groups is 1. The van der Waals surface area contributed by atoms with Gasteiger partial charge in [0.1, 0.15) is 11.9 Å². The van der Waals surface area contributed by atoms with Crippen molar-refractivity contribution in [1.29, 1.82) is 0 Å². The lowest BCUT2D eigenvalue weighted by atomic mass is 10.1. The molecule has 0 aliphatic carbocycles. The van der Waals surface area contributed by atoms with Gasteiger partial charge in [0.25, 0.3) is 0 Å². The summed E-state index contributed by atoms with van der Waals surface area (Å²) in [5, 5.41) is 2.83. The van der Waals surface area contributed by atoms with E-state index in [-0.39, 0.29) is 11.8 Å². The van der Waals surface area contributed by atoms with E-state index in [9.17, 15) is 9.18 Å². The largest absolute Gasteiger partial charge is 0.467 e. The minimum absolute atomic E-state index is 0.322. The highest BCUT2D eigenvalue weighted by Gasteiger charge is 2.17. The van der Waals surface area contributed by atoms with Crippen LogP contribution in [0.4, 0.5) is 10.1 Å². The molecule has 4 heteroatoms. The van der Waals surface area contributed by atoms with Crippen LogP contribution in [-0.2, 0) is 9.53 Å². The number of halogens is 1. The Bertz CT molecular complexity index is 379. The Morgan fingerprint density at radius 1 is 1.56 bits per heavy atom. The van der Waals surface area contributed by atoms with Crippen molar-refractivity contribution < 1.29 is 13.9 Å². The Morgan fingerprint density at radius 3 is 2.75 bits per heavy atom. The van der Waals surface area contributed by atoms with E-state index in [0.29, 0.717) is 12.1 Å². The lowest BCUT2D eigenvalue weighted by Crippen LogP contribution is -2.30. The molecular weight excluding hydrogens is 209 g/mol. The van der Waals surface area contributed by atoms with Crippen LogP contribution in [0, 0.1) is 12.7 Å². The van der Waals surface area contributed by atoms with Crippen molar-refractivity contribution in [2.45, 2.75) is 26.3 Å². The number of esters is 1. The van der Waals surface area contributed by atoms with Gasteiger partial charge in [0.2, 0.25) is 0 Å². The molecule has 0 amide bonds. The summed E-state index contributed by atoms with van der Waals surface area (Å²) in [6, 6.07) is 4.32. The van der Waals surface area contributed by atoms with E-state index in [1.54, 1.807) is 12.1 Å². The monoisotopic (exact) mass is 225 g/mol. The molecule has 88 valence electrons. The van der Waals surface area contributed by atoms with Gasteiger partial charge in [-0.05, 0) is 31.0 Å². The van der Waals surface area contributed by atoms with Crippen LogP contribution in [-0.4, -0.2) is 19.1 Å². The molecule has 0 radical (unpaired) electrons. The molecule has 0 heterocycles. The molecule has 1 N–H and O–H groups in total. The molecule has 0 aliphatic heterocycles. The van der Waals surface area contributed by atoms with Crippen LogP contribution in [0.3, 0.4) is 0 Å². The van der Waals surface area contributed by atoms with E-state index in [2.05, 4.69) is 10.1 Å². The average Bonchev–Trinajstić information content (AvgIpc) is 2.27. The highest BCUT2D eigenvalue weighted by molar-refractivity contribution is 5.79. The fourth-order valence-corrected chi connectivity index (χ4v) is 1.39. The van der Waals surface area contributed by atoms with Gasteiger partial charge in [0, 0.05) is 0 Å². The third-order valence-corrected chi connectivity index (χ3v) is 2.35. The minimum atomic E-state index is -0.512. The van der Waals surface area contributed by atoms with E-state index in [1.165, 1.54) is 13.2 Å². The third-order valence-electron chi connectivity index (χ3n) is 2.35. The Kier molecular flexibility index (Phi) is 4.28. The zero-order chi connectivity index (χ0) is 12.1. The number of nitrogens with one attached hydrogen (secondary N) is 1. The van der Waals surface area contributed by atoms with Crippen LogP contribution in [0.1, 0.15) is 18.9 Å². The van der Waals surface area contributed by atoms with E-state index in [1.807, 2.05) is 13.8 Å². The lowest BCUT2D eigenvalue weighted by molar-refractivity contribution is -0.141. The minimum Gasteiger partial charge on any atom is -0.467 e. The first kappa shape index (κ1) is 12.5. The highest BCUT2D eigenvalue weighted by atomic mass is 19.1. The number of benzene rings is 1. The second-order valence-corrected chi connectivity index (χ2v) is 3.61. The summed E-state index contributed by atoms with van der Waals surface area (Å²) in [5.41, 5.74) is 1.16. The molecule has 0 aliphatic rings. The second kappa shape index (κ2) is 5.49. The number of hydrogen-bond donors (Lipinski definition) is 1. The predicted octanol–water partition coefficient (Wildman–Crippen LogP) is 2.50. The maximum Gasteiger partial charge on any atom is 0.328 e. The second-order valence-electron chi connectivity index (χ2n) is 3.61.